The molecule has 0 unspecified atom stereocenters. The zero-order chi connectivity index (χ0) is 15.8. The van der Waals surface area contributed by atoms with Crippen molar-refractivity contribution in [1.29, 1.82) is 0 Å². The Kier molecular flexibility index (Phi) is 15.3. The van der Waals surface area contributed by atoms with Gasteiger partial charge in [0.25, 0.3) is 0 Å². The molecular weight excluding hydrogens is 282 g/mol. The van der Waals surface area contributed by atoms with E-state index in [1.54, 1.807) is 0 Å². The van der Waals surface area contributed by atoms with Crippen LogP contribution in [0, 0.1) is 0 Å². The first-order valence-electron chi connectivity index (χ1n) is 9.08. The summed E-state index contributed by atoms with van der Waals surface area (Å²) in [5.74, 6) is 0.603. The lowest BCUT2D eigenvalue weighted by molar-refractivity contribution is -0.890. The highest BCUT2D eigenvalue weighted by atomic mass is 35.5. The lowest BCUT2D eigenvalue weighted by Crippen LogP contribution is -2.43. The van der Waals surface area contributed by atoms with Gasteiger partial charge >= 0.3 is 0 Å². The quantitative estimate of drug-likeness (QED) is 0.215. The van der Waals surface area contributed by atoms with Gasteiger partial charge in [0.1, 0.15) is 6.54 Å². The van der Waals surface area contributed by atoms with Gasteiger partial charge in [-0.05, 0) is 12.8 Å². The number of hydrogen-bond donors (Lipinski definition) is 0. The molecule has 0 saturated carbocycles. The Morgan fingerprint density at radius 1 is 0.714 bits per heavy atom. The predicted molar refractivity (Wildman–Crippen MR) is 95.2 cm³/mol. The Balaban J connectivity index is 3.28. The fraction of sp³-hybridized carbons (Fsp3) is 1.00. The number of ether oxygens (including phenoxy) is 1. The molecule has 128 valence electrons. The summed E-state index contributed by atoms with van der Waals surface area (Å²) < 4.78 is 6.54. The summed E-state index contributed by atoms with van der Waals surface area (Å²) in [6.07, 6.45) is 14.1. The van der Waals surface area contributed by atoms with E-state index in [1.165, 1.54) is 70.8 Å². The predicted octanol–water partition coefficient (Wildman–Crippen LogP) is 5.24. The Bertz CT molecular complexity index is 209. The molecule has 0 atom stereocenters. The van der Waals surface area contributed by atoms with Crippen LogP contribution in [-0.4, -0.2) is 50.8 Å². The summed E-state index contributed by atoms with van der Waals surface area (Å²) in [6, 6.07) is 0. The van der Waals surface area contributed by atoms with Crippen LogP contribution in [0.5, 0.6) is 0 Å². The van der Waals surface area contributed by atoms with Gasteiger partial charge in [0.15, 0.2) is 0 Å². The van der Waals surface area contributed by atoms with Crippen molar-refractivity contribution in [3.8, 4) is 0 Å². The topological polar surface area (TPSA) is 9.23 Å². The molecule has 0 amide bonds. The molecule has 0 aromatic heterocycles. The molecule has 0 fully saturated rings. The molecule has 0 spiro atoms. The second-order valence-corrected chi connectivity index (χ2v) is 7.24. The normalized spacial score (nSPS) is 12.0. The van der Waals surface area contributed by atoms with E-state index >= 15 is 0 Å². The van der Waals surface area contributed by atoms with Gasteiger partial charge in [-0.2, -0.15) is 0 Å². The van der Waals surface area contributed by atoms with Gasteiger partial charge in [0.2, 0.25) is 0 Å². The molecule has 0 aliphatic rings. The lowest BCUT2D eigenvalue weighted by Gasteiger charge is -2.29. The molecular formula is C18H39ClNO+. The molecule has 0 aromatic rings. The minimum absolute atomic E-state index is 0.603. The average molecular weight is 321 g/mol. The molecule has 0 saturated heterocycles. The van der Waals surface area contributed by atoms with Crippen molar-refractivity contribution in [3.63, 3.8) is 0 Å². The van der Waals surface area contributed by atoms with Crippen LogP contribution < -0.4 is 0 Å². The summed E-state index contributed by atoms with van der Waals surface area (Å²) in [4.78, 5) is 0. The highest BCUT2D eigenvalue weighted by molar-refractivity contribution is 6.17. The molecule has 0 N–H and O–H groups in total. The minimum Gasteiger partial charge on any atom is -0.374 e. The fourth-order valence-corrected chi connectivity index (χ4v) is 2.72. The fourth-order valence-electron chi connectivity index (χ4n) is 2.61. The van der Waals surface area contributed by atoms with Gasteiger partial charge < -0.3 is 9.22 Å². The van der Waals surface area contributed by atoms with Crippen LogP contribution in [0.3, 0.4) is 0 Å². The van der Waals surface area contributed by atoms with Crippen LogP contribution in [0.4, 0.5) is 0 Å². The molecule has 21 heavy (non-hydrogen) atoms. The summed E-state index contributed by atoms with van der Waals surface area (Å²) in [7, 11) is 4.61. The third-order valence-corrected chi connectivity index (χ3v) is 4.33. The number of rotatable bonds is 16. The lowest BCUT2D eigenvalue weighted by atomic mass is 10.1. The first-order valence-corrected chi connectivity index (χ1v) is 9.61. The summed E-state index contributed by atoms with van der Waals surface area (Å²) in [6.45, 7) is 6.15. The van der Waals surface area contributed by atoms with Crippen molar-refractivity contribution in [2.24, 2.45) is 0 Å². The maximum atomic E-state index is 5.60. The molecule has 0 aliphatic carbocycles. The van der Waals surface area contributed by atoms with Crippen molar-refractivity contribution in [2.75, 3.05) is 46.3 Å². The number of hydrogen-bond acceptors (Lipinski definition) is 1. The van der Waals surface area contributed by atoms with Gasteiger partial charge in [-0.15, -0.1) is 11.6 Å². The highest BCUT2D eigenvalue weighted by Crippen LogP contribution is 2.11. The zero-order valence-electron chi connectivity index (χ0n) is 14.8. The number of alkyl halides is 1. The maximum Gasteiger partial charge on any atom is 0.102 e. The van der Waals surface area contributed by atoms with Crippen molar-refractivity contribution in [1.82, 2.24) is 0 Å². The van der Waals surface area contributed by atoms with Crippen molar-refractivity contribution in [2.45, 2.75) is 71.1 Å². The minimum atomic E-state index is 0.603. The molecule has 0 aromatic carbocycles. The molecule has 0 radical (unpaired) electrons. The molecule has 0 heterocycles. The first kappa shape index (κ1) is 21.2. The Labute approximate surface area is 138 Å². The summed E-state index contributed by atoms with van der Waals surface area (Å²) in [5, 5.41) is 0. The summed E-state index contributed by atoms with van der Waals surface area (Å²) >= 11 is 5.60. The monoisotopic (exact) mass is 320 g/mol. The number of quaternary nitrogens is 1. The molecule has 0 rings (SSSR count). The average Bonchev–Trinajstić information content (AvgIpc) is 2.45. The highest BCUT2D eigenvalue weighted by Gasteiger charge is 2.13. The van der Waals surface area contributed by atoms with Crippen molar-refractivity contribution < 1.29 is 9.22 Å². The van der Waals surface area contributed by atoms with E-state index in [2.05, 4.69) is 21.0 Å². The Morgan fingerprint density at radius 3 is 1.76 bits per heavy atom. The van der Waals surface area contributed by atoms with E-state index < -0.39 is 0 Å². The van der Waals surface area contributed by atoms with E-state index in [1.807, 2.05) is 0 Å². The van der Waals surface area contributed by atoms with Gasteiger partial charge in [-0.1, -0.05) is 58.3 Å². The zero-order valence-corrected chi connectivity index (χ0v) is 15.6. The second-order valence-electron chi connectivity index (χ2n) is 6.87. The van der Waals surface area contributed by atoms with Crippen LogP contribution in [0.15, 0.2) is 0 Å². The third kappa shape index (κ3) is 16.4. The molecule has 2 nitrogen and oxygen atoms in total. The molecule has 0 aliphatic heterocycles. The molecule has 3 heteroatoms. The van der Waals surface area contributed by atoms with Gasteiger partial charge in [-0.25, -0.2) is 0 Å². The van der Waals surface area contributed by atoms with Crippen LogP contribution in [-0.2, 0) is 4.74 Å². The van der Waals surface area contributed by atoms with E-state index in [-0.39, 0.29) is 0 Å². The van der Waals surface area contributed by atoms with Crippen LogP contribution in [0.1, 0.15) is 71.1 Å². The van der Waals surface area contributed by atoms with E-state index in [0.717, 1.165) is 17.6 Å². The van der Waals surface area contributed by atoms with E-state index in [9.17, 15) is 0 Å². The smallest absolute Gasteiger partial charge is 0.102 e. The first-order chi connectivity index (χ1) is 10.1. The van der Waals surface area contributed by atoms with Crippen molar-refractivity contribution >= 4 is 11.6 Å². The summed E-state index contributed by atoms with van der Waals surface area (Å²) in [5.41, 5.74) is 0. The number of halogens is 1. The second kappa shape index (κ2) is 15.1. The third-order valence-electron chi connectivity index (χ3n) is 4.18. The standard InChI is InChI=1S/C18H39ClNO/c1-4-5-6-7-8-9-10-11-12-13-15-20(2,3)16-18-21-17-14-19/h4-18H2,1-3H3/q+1. The maximum absolute atomic E-state index is 5.60. The number of unbranched alkanes of at least 4 members (excludes halogenated alkanes) is 9. The van der Waals surface area contributed by atoms with Crippen LogP contribution in [0.2, 0.25) is 0 Å². The van der Waals surface area contributed by atoms with Crippen molar-refractivity contribution in [3.05, 3.63) is 0 Å². The van der Waals surface area contributed by atoms with Gasteiger partial charge in [-0.3, -0.25) is 0 Å². The van der Waals surface area contributed by atoms with E-state index in [0.29, 0.717) is 12.5 Å². The molecule has 0 bridgehead atoms. The Morgan fingerprint density at radius 2 is 1.24 bits per heavy atom. The SMILES string of the molecule is CCCCCCCCCCCC[N+](C)(C)CCOCCCl. The Hall–Kier alpha value is 0.210. The van der Waals surface area contributed by atoms with E-state index in [4.69, 9.17) is 16.3 Å². The largest absolute Gasteiger partial charge is 0.374 e. The number of nitrogens with zero attached hydrogens (tertiary/aromatic N) is 1. The number of likely N-dealkylation sites (N-methyl/N-ethyl adjacent to an activating group) is 1. The van der Waals surface area contributed by atoms with Crippen LogP contribution in [0.25, 0.3) is 0 Å². The van der Waals surface area contributed by atoms with Gasteiger partial charge in [0.05, 0.1) is 33.9 Å². The van der Waals surface area contributed by atoms with Gasteiger partial charge in [0, 0.05) is 5.88 Å². The van der Waals surface area contributed by atoms with Crippen LogP contribution >= 0.6 is 11.6 Å².